The molecule has 0 aliphatic carbocycles. The fourth-order valence-electron chi connectivity index (χ4n) is 2.57. The topological polar surface area (TPSA) is 30.5 Å². The van der Waals surface area contributed by atoms with E-state index in [0.717, 1.165) is 0 Å². The smallest absolute Gasteiger partial charge is 0.175 e. The maximum atomic E-state index is 6.25. The summed E-state index contributed by atoms with van der Waals surface area (Å²) in [5.41, 5.74) is -1.78. The molecule has 1 aliphatic rings. The number of benzene rings is 1. The molecule has 2 rings (SSSR count). The van der Waals surface area contributed by atoms with Gasteiger partial charge in [0.25, 0.3) is 0 Å². The number of fused-ring (bicyclic) bond motifs is 1. The van der Waals surface area contributed by atoms with Gasteiger partial charge in [0.05, 0.1) is 31.4 Å². The van der Waals surface area contributed by atoms with Gasteiger partial charge in [-0.2, -0.15) is 0 Å². The molecule has 1 aromatic rings. The highest BCUT2D eigenvalue weighted by atomic mass is 16.7. The van der Waals surface area contributed by atoms with Crippen LogP contribution >= 0.6 is 0 Å². The number of hydrogen-bond donors (Lipinski definition) is 1. The number of ether oxygens (including phenoxy) is 2. The van der Waals surface area contributed by atoms with Crippen molar-refractivity contribution >= 4 is 87.0 Å². The van der Waals surface area contributed by atoms with E-state index in [1.807, 2.05) is 0 Å². The summed E-state index contributed by atoms with van der Waals surface area (Å²) >= 11 is 0. The molecule has 1 heterocycles. The fourth-order valence-corrected chi connectivity index (χ4v) is 2.57. The van der Waals surface area contributed by atoms with Crippen molar-refractivity contribution in [3.05, 3.63) is 5.56 Å². The molecular weight excluding hydrogens is 287 g/mol. The number of rotatable bonds is 4. The van der Waals surface area contributed by atoms with E-state index in [2.05, 4.69) is 5.32 Å². The molecule has 1 N–H and O–H groups in total. The molecule has 1 aromatic carbocycles. The van der Waals surface area contributed by atoms with Gasteiger partial charge in [0.15, 0.2) is 32.8 Å². The van der Waals surface area contributed by atoms with Gasteiger partial charge in [0, 0.05) is 0 Å². The van der Waals surface area contributed by atoms with E-state index < -0.39 is 22.2 Å². The van der Waals surface area contributed by atoms with Crippen LogP contribution in [-0.4, -0.2) is 87.6 Å². The summed E-state index contributed by atoms with van der Waals surface area (Å²) in [6.07, 6.45) is 0. The first-order valence-electron chi connectivity index (χ1n) is 7.07. The summed E-state index contributed by atoms with van der Waals surface area (Å²) in [6, 6.07) is -0.651. The summed E-state index contributed by atoms with van der Waals surface area (Å²) < 4.78 is 10.5. The van der Waals surface area contributed by atoms with Gasteiger partial charge in [0.1, 0.15) is 23.5 Å². The van der Waals surface area contributed by atoms with Crippen molar-refractivity contribution in [3.8, 4) is 11.5 Å². The van der Waals surface area contributed by atoms with Crippen molar-refractivity contribution in [2.24, 2.45) is 0 Å². The molecule has 0 saturated carbocycles. The zero-order valence-corrected chi connectivity index (χ0v) is 13.6. The molecule has 0 amide bonds. The van der Waals surface area contributed by atoms with E-state index in [4.69, 9.17) is 80.1 Å². The first kappa shape index (κ1) is 19.7. The predicted molar refractivity (Wildman–Crippen MR) is 104 cm³/mol. The second kappa shape index (κ2) is 5.97. The van der Waals surface area contributed by atoms with E-state index in [1.165, 1.54) is 6.92 Å². The Morgan fingerprint density at radius 1 is 0.917 bits per heavy atom. The minimum Gasteiger partial charge on any atom is -0.469 e. The maximum absolute atomic E-state index is 6.25. The lowest BCUT2D eigenvalue weighted by Crippen LogP contribution is -2.60. The zero-order chi connectivity index (χ0) is 18.7. The molecule has 3 nitrogen and oxygen atoms in total. The first-order valence-corrected chi connectivity index (χ1v) is 7.07. The number of nitrogens with one attached hydrogen (secondary N) is 1. The van der Waals surface area contributed by atoms with Crippen LogP contribution in [0.15, 0.2) is 0 Å². The summed E-state index contributed by atoms with van der Waals surface area (Å²) in [5.74, 6) is 0.0371. The van der Waals surface area contributed by atoms with Gasteiger partial charge in [-0.25, -0.2) is 0 Å². The second-order valence-electron chi connectivity index (χ2n) is 6.28. The van der Waals surface area contributed by atoms with Crippen LogP contribution in [0.5, 0.6) is 11.5 Å². The highest BCUT2D eigenvalue weighted by molar-refractivity contribution is 6.56. The van der Waals surface area contributed by atoms with Gasteiger partial charge in [0.2, 0.25) is 0 Å². The molecule has 18 radical (unpaired) electrons. The highest BCUT2D eigenvalue weighted by Crippen LogP contribution is 2.35. The molecule has 100 valence electrons. The van der Waals surface area contributed by atoms with Gasteiger partial charge >= 0.3 is 0 Å². The Bertz CT molecular complexity index is 672. The Labute approximate surface area is 155 Å². The highest BCUT2D eigenvalue weighted by Gasteiger charge is 2.38. The van der Waals surface area contributed by atoms with Crippen LogP contribution in [0.25, 0.3) is 0 Å². The lowest BCUT2D eigenvalue weighted by Gasteiger charge is -2.42. The van der Waals surface area contributed by atoms with Crippen LogP contribution < -0.4 is 31.2 Å². The molecule has 24 heavy (non-hydrogen) atoms. The van der Waals surface area contributed by atoms with Crippen LogP contribution in [0.3, 0.4) is 0 Å². The Morgan fingerprint density at radius 3 is 1.83 bits per heavy atom. The standard InChI is InChI=1S/C12H8B9NO2/c1-3(22-10(2,16)17)11(18,19)4-5(13)7(15)9-8(6(4)14)23-12(20,21)24-9/h3,22H,1-2H3/t3-/m1/s1. The van der Waals surface area contributed by atoms with E-state index in [9.17, 15) is 0 Å². The number of hydrogen-bond acceptors (Lipinski definition) is 3. The van der Waals surface area contributed by atoms with Gasteiger partial charge < -0.3 is 14.8 Å². The third kappa shape index (κ3) is 3.49. The van der Waals surface area contributed by atoms with E-state index >= 15 is 0 Å². The summed E-state index contributed by atoms with van der Waals surface area (Å²) in [7, 11) is 53.3. The molecule has 0 fully saturated rings. The Hall–Kier alpha value is -0.636. The van der Waals surface area contributed by atoms with Crippen LogP contribution in [0.4, 0.5) is 0 Å². The molecule has 1 aliphatic heterocycles. The maximum Gasteiger partial charge on any atom is 0.175 e. The molecular formula is C12H8B9NO2. The van der Waals surface area contributed by atoms with Crippen LogP contribution in [-0.2, 0) is 5.21 Å². The first-order chi connectivity index (χ1) is 10.7. The fraction of sp³-hybridized carbons (Fsp3) is 0.500. The van der Waals surface area contributed by atoms with Crippen molar-refractivity contribution in [1.82, 2.24) is 5.32 Å². The van der Waals surface area contributed by atoms with Crippen molar-refractivity contribution < 1.29 is 9.47 Å². The SMILES string of the molecule is [B]c1c([B])c(C([B])([B])[C@@H](C)NC([B])([B])C)c([B])c2c1OC([B])([B])O2. The van der Waals surface area contributed by atoms with Crippen LogP contribution in [0.2, 0.25) is 0 Å². The summed E-state index contributed by atoms with van der Waals surface area (Å²) in [6.45, 7) is 3.20. The predicted octanol–water partition coefficient (Wildman–Crippen LogP) is -4.73. The molecule has 12 heteroatoms. The third-order valence-electron chi connectivity index (χ3n) is 3.72. The minimum absolute atomic E-state index is 0.00251. The minimum atomic E-state index is -1.93. The van der Waals surface area contributed by atoms with Crippen molar-refractivity contribution in [2.75, 3.05) is 0 Å². The zero-order valence-electron chi connectivity index (χ0n) is 13.6. The average molecular weight is 296 g/mol. The molecule has 0 saturated heterocycles. The Kier molecular flexibility index (Phi) is 4.89. The third-order valence-corrected chi connectivity index (χ3v) is 3.72. The van der Waals surface area contributed by atoms with Crippen LogP contribution in [0, 0.1) is 0 Å². The molecule has 1 atom stereocenters. The van der Waals surface area contributed by atoms with Crippen molar-refractivity contribution in [2.45, 2.75) is 36.0 Å². The van der Waals surface area contributed by atoms with Crippen molar-refractivity contribution in [1.29, 1.82) is 0 Å². The monoisotopic (exact) mass is 297 g/mol. The largest absolute Gasteiger partial charge is 0.469 e. The van der Waals surface area contributed by atoms with Gasteiger partial charge in [-0.15, -0.1) is 0 Å². The summed E-state index contributed by atoms with van der Waals surface area (Å²) in [4.78, 5) is 0. The molecule has 0 bridgehead atoms. The van der Waals surface area contributed by atoms with Gasteiger partial charge in [-0.05, 0) is 11.5 Å². The Balaban J connectivity index is 2.58. The average Bonchev–Trinajstić information content (AvgIpc) is 2.70. The normalized spacial score (nSPS) is 17.6. The van der Waals surface area contributed by atoms with Gasteiger partial charge in [-0.3, -0.25) is 0 Å². The lowest BCUT2D eigenvalue weighted by molar-refractivity contribution is 0.0844. The molecule has 0 aromatic heterocycles. The molecule has 0 unspecified atom stereocenters. The summed E-state index contributed by atoms with van der Waals surface area (Å²) in [5, 5.41) is 0.00823. The van der Waals surface area contributed by atoms with Gasteiger partial charge in [-0.1, -0.05) is 40.9 Å². The van der Waals surface area contributed by atoms with E-state index in [1.54, 1.807) is 6.92 Å². The van der Waals surface area contributed by atoms with Crippen LogP contribution in [0.1, 0.15) is 19.4 Å². The Morgan fingerprint density at radius 2 is 1.38 bits per heavy atom. The van der Waals surface area contributed by atoms with Crippen molar-refractivity contribution in [3.63, 3.8) is 0 Å². The quantitative estimate of drug-likeness (QED) is 0.566. The lowest BCUT2D eigenvalue weighted by atomic mass is 9.43. The van der Waals surface area contributed by atoms with E-state index in [-0.39, 0.29) is 33.5 Å². The second-order valence-corrected chi connectivity index (χ2v) is 6.28. The molecule has 0 spiro atoms. The van der Waals surface area contributed by atoms with E-state index in [0.29, 0.717) is 0 Å².